The number of amides is 1. The number of thiazole rings is 1. The van der Waals surface area contributed by atoms with Crippen molar-refractivity contribution >= 4 is 32.6 Å². The molecule has 0 aliphatic rings. The lowest BCUT2D eigenvalue weighted by molar-refractivity contribution is -0.856. The van der Waals surface area contributed by atoms with Gasteiger partial charge in [-0.15, -0.1) is 0 Å². The lowest BCUT2D eigenvalue weighted by atomic mass is 10.3. The van der Waals surface area contributed by atoms with Gasteiger partial charge in [0.2, 0.25) is 5.91 Å². The van der Waals surface area contributed by atoms with Gasteiger partial charge in [-0.3, -0.25) is 9.69 Å². The summed E-state index contributed by atoms with van der Waals surface area (Å²) in [5, 5.41) is 0.700. The molecule has 1 N–H and O–H groups in total. The molecule has 0 saturated carbocycles. The van der Waals surface area contributed by atoms with E-state index in [1.165, 1.54) is 16.2 Å². The first kappa shape index (κ1) is 20.1. The Labute approximate surface area is 169 Å². The normalized spacial score (nSPS) is 11.0. The molecule has 1 aromatic heterocycles. The molecule has 148 valence electrons. The third-order valence-electron chi connectivity index (χ3n) is 4.29. The van der Waals surface area contributed by atoms with Crippen molar-refractivity contribution in [3.63, 3.8) is 0 Å². The molecular formula is C21H26N3O3S+. The van der Waals surface area contributed by atoms with E-state index in [4.69, 9.17) is 14.5 Å². The number of carbonyl (C=O) groups excluding carboxylic acids is 1. The molecule has 0 spiro atoms. The number of hydrogen-bond donors (Lipinski definition) is 1. The highest BCUT2D eigenvalue weighted by atomic mass is 32.1. The van der Waals surface area contributed by atoms with E-state index in [1.54, 1.807) is 12.0 Å². The fraction of sp³-hybridized carbons (Fsp3) is 0.333. The summed E-state index contributed by atoms with van der Waals surface area (Å²) in [5.41, 5.74) is 0.792. The lowest BCUT2D eigenvalue weighted by Crippen LogP contribution is -3.06. The number of ether oxygens (including phenoxy) is 2. The minimum absolute atomic E-state index is 0.00945. The number of fused-ring (bicyclic) bond motifs is 1. The third-order valence-corrected chi connectivity index (χ3v) is 5.33. The predicted molar refractivity (Wildman–Crippen MR) is 113 cm³/mol. The quantitative estimate of drug-likeness (QED) is 0.599. The van der Waals surface area contributed by atoms with E-state index in [1.807, 2.05) is 48.5 Å². The summed E-state index contributed by atoms with van der Waals surface area (Å²) < 4.78 is 12.1. The van der Waals surface area contributed by atoms with Crippen LogP contribution in [0.4, 0.5) is 5.13 Å². The number of aromatic nitrogens is 1. The van der Waals surface area contributed by atoms with Crippen molar-refractivity contribution < 1.29 is 19.2 Å². The van der Waals surface area contributed by atoms with Crippen LogP contribution in [0, 0.1) is 0 Å². The minimum atomic E-state index is 0.00945. The lowest BCUT2D eigenvalue weighted by Gasteiger charge is -2.20. The van der Waals surface area contributed by atoms with Gasteiger partial charge in [0.25, 0.3) is 0 Å². The highest BCUT2D eigenvalue weighted by molar-refractivity contribution is 7.22. The van der Waals surface area contributed by atoms with Crippen LogP contribution >= 0.6 is 11.3 Å². The van der Waals surface area contributed by atoms with Crippen molar-refractivity contribution in [1.82, 2.24) is 4.98 Å². The zero-order valence-corrected chi connectivity index (χ0v) is 17.3. The van der Waals surface area contributed by atoms with Gasteiger partial charge in [0.15, 0.2) is 5.13 Å². The first-order chi connectivity index (χ1) is 13.6. The fourth-order valence-electron chi connectivity index (χ4n) is 2.76. The van der Waals surface area contributed by atoms with Crippen molar-refractivity contribution in [3.05, 3.63) is 48.5 Å². The van der Waals surface area contributed by atoms with Crippen LogP contribution in [-0.4, -0.2) is 51.8 Å². The molecule has 2 aromatic carbocycles. The van der Waals surface area contributed by atoms with E-state index >= 15 is 0 Å². The van der Waals surface area contributed by atoms with Gasteiger partial charge in [-0.1, -0.05) is 35.6 Å². The van der Waals surface area contributed by atoms with Gasteiger partial charge >= 0.3 is 0 Å². The van der Waals surface area contributed by atoms with Crippen LogP contribution in [0.15, 0.2) is 48.5 Å². The van der Waals surface area contributed by atoms with Crippen molar-refractivity contribution in [1.29, 1.82) is 0 Å². The van der Waals surface area contributed by atoms with Crippen molar-refractivity contribution in [3.8, 4) is 11.5 Å². The molecule has 0 atom stereocenters. The van der Waals surface area contributed by atoms with Gasteiger partial charge in [-0.05, 0) is 24.3 Å². The Hall–Kier alpha value is -2.64. The van der Waals surface area contributed by atoms with E-state index in [2.05, 4.69) is 14.1 Å². The Morgan fingerprint density at radius 1 is 1.14 bits per heavy atom. The molecular weight excluding hydrogens is 374 g/mol. The summed E-state index contributed by atoms with van der Waals surface area (Å²) in [6.45, 7) is 1.77. The molecule has 6 nitrogen and oxygen atoms in total. The number of quaternary nitrogens is 1. The zero-order chi connectivity index (χ0) is 19.9. The van der Waals surface area contributed by atoms with Gasteiger partial charge in [-0.2, -0.15) is 0 Å². The van der Waals surface area contributed by atoms with Gasteiger partial charge in [0.05, 0.1) is 52.0 Å². The molecule has 0 saturated heterocycles. The van der Waals surface area contributed by atoms with Gasteiger partial charge in [-0.25, -0.2) is 4.98 Å². The summed E-state index contributed by atoms with van der Waals surface area (Å²) in [6.07, 6.45) is 0.296. The van der Waals surface area contributed by atoms with E-state index in [0.717, 1.165) is 28.3 Å². The molecule has 0 aliphatic carbocycles. The second-order valence-electron chi connectivity index (χ2n) is 6.72. The van der Waals surface area contributed by atoms with Crippen molar-refractivity contribution in [2.75, 3.05) is 45.8 Å². The molecule has 3 rings (SSSR count). The number of rotatable bonds is 9. The number of methoxy groups -OCH3 is 1. The Kier molecular flexibility index (Phi) is 6.84. The topological polar surface area (TPSA) is 56.1 Å². The van der Waals surface area contributed by atoms with Gasteiger partial charge < -0.3 is 14.4 Å². The largest absolute Gasteiger partial charge is 0.494 e. The minimum Gasteiger partial charge on any atom is -0.494 e. The predicted octanol–water partition coefficient (Wildman–Crippen LogP) is 2.25. The first-order valence-electron chi connectivity index (χ1n) is 9.29. The van der Waals surface area contributed by atoms with Crippen LogP contribution in [0.3, 0.4) is 0 Å². The Balaban J connectivity index is 1.75. The molecule has 0 fully saturated rings. The Morgan fingerprint density at radius 3 is 2.64 bits per heavy atom. The molecule has 0 aliphatic heterocycles. The summed E-state index contributed by atoms with van der Waals surface area (Å²) >= 11 is 1.51. The van der Waals surface area contributed by atoms with E-state index in [0.29, 0.717) is 24.7 Å². The molecule has 0 bridgehead atoms. The number of para-hydroxylation sites is 2. The summed E-state index contributed by atoms with van der Waals surface area (Å²) in [4.78, 5) is 20.7. The van der Waals surface area contributed by atoms with Crippen LogP contribution in [0.5, 0.6) is 11.5 Å². The summed E-state index contributed by atoms with van der Waals surface area (Å²) in [5.74, 6) is 1.50. The van der Waals surface area contributed by atoms with Crippen molar-refractivity contribution in [2.45, 2.75) is 6.42 Å². The van der Waals surface area contributed by atoms with Crippen LogP contribution in [0.1, 0.15) is 6.42 Å². The Bertz CT molecular complexity index is 912. The standard InChI is InChI=1S/C21H25N3O3S/c1-23(2)13-14-24(19(25)12-15-27-16-8-5-4-6-9-16)21-22-20-17(26-3)10-7-11-18(20)28-21/h4-11H,12-15H2,1-3H3/p+1. The number of likely N-dealkylation sites (N-methyl/N-ethyl adjacent to an activating group) is 1. The highest BCUT2D eigenvalue weighted by Gasteiger charge is 2.21. The molecule has 0 radical (unpaired) electrons. The molecule has 3 aromatic rings. The molecule has 7 heteroatoms. The molecule has 0 unspecified atom stereocenters. The maximum atomic E-state index is 12.9. The average molecular weight is 401 g/mol. The second-order valence-corrected chi connectivity index (χ2v) is 7.73. The van der Waals surface area contributed by atoms with Crippen LogP contribution in [0.25, 0.3) is 10.2 Å². The van der Waals surface area contributed by atoms with Gasteiger partial charge in [0.1, 0.15) is 17.0 Å². The SMILES string of the molecule is COc1cccc2sc(N(CC[NH+](C)C)C(=O)CCOc3ccccc3)nc12. The smallest absolute Gasteiger partial charge is 0.232 e. The maximum Gasteiger partial charge on any atom is 0.232 e. The van der Waals surface area contributed by atoms with Gasteiger partial charge in [0, 0.05) is 0 Å². The fourth-order valence-corrected chi connectivity index (χ4v) is 3.79. The molecule has 1 heterocycles. The van der Waals surface area contributed by atoms with E-state index in [9.17, 15) is 4.79 Å². The number of carbonyl (C=O) groups is 1. The first-order valence-corrected chi connectivity index (χ1v) is 10.1. The van der Waals surface area contributed by atoms with Crippen molar-refractivity contribution in [2.24, 2.45) is 0 Å². The highest BCUT2D eigenvalue weighted by Crippen LogP contribution is 2.34. The maximum absolute atomic E-state index is 12.9. The summed E-state index contributed by atoms with van der Waals surface area (Å²) in [7, 11) is 5.78. The Morgan fingerprint density at radius 2 is 1.93 bits per heavy atom. The van der Waals surface area contributed by atoms with Crippen LogP contribution < -0.4 is 19.3 Å². The third kappa shape index (κ3) is 4.99. The monoisotopic (exact) mass is 400 g/mol. The number of anilines is 1. The summed E-state index contributed by atoms with van der Waals surface area (Å²) in [6, 6.07) is 15.4. The van der Waals surface area contributed by atoms with E-state index < -0.39 is 0 Å². The average Bonchev–Trinajstić information content (AvgIpc) is 3.12. The zero-order valence-electron chi connectivity index (χ0n) is 16.5. The number of benzene rings is 2. The number of hydrogen-bond acceptors (Lipinski definition) is 5. The number of nitrogens with zero attached hydrogens (tertiary/aromatic N) is 2. The van der Waals surface area contributed by atoms with Crippen LogP contribution in [-0.2, 0) is 4.79 Å². The van der Waals surface area contributed by atoms with E-state index in [-0.39, 0.29) is 5.91 Å². The molecule has 28 heavy (non-hydrogen) atoms. The molecule has 1 amide bonds. The van der Waals surface area contributed by atoms with Crippen LogP contribution in [0.2, 0.25) is 0 Å². The second kappa shape index (κ2) is 9.52. The number of nitrogens with one attached hydrogen (secondary N) is 1.